The highest BCUT2D eigenvalue weighted by Gasteiger charge is 2.21. The normalized spacial score (nSPS) is 19.2. The van der Waals surface area contributed by atoms with Crippen LogP contribution in [0.15, 0.2) is 18.2 Å². The predicted octanol–water partition coefficient (Wildman–Crippen LogP) is 2.26. The van der Waals surface area contributed by atoms with Gasteiger partial charge in [0.15, 0.2) is 0 Å². The predicted molar refractivity (Wildman–Crippen MR) is 61.6 cm³/mol. The molecular formula is C13H17F2NO. The summed E-state index contributed by atoms with van der Waals surface area (Å²) < 4.78 is 31.3. The minimum absolute atomic E-state index is 0.0555. The average Bonchev–Trinajstić information content (AvgIpc) is 2.28. The van der Waals surface area contributed by atoms with Crippen LogP contribution < -0.4 is 5.73 Å². The topological polar surface area (TPSA) is 35.2 Å². The highest BCUT2D eigenvalue weighted by molar-refractivity contribution is 5.19. The van der Waals surface area contributed by atoms with Crippen molar-refractivity contribution in [2.24, 2.45) is 11.7 Å². The van der Waals surface area contributed by atoms with Crippen LogP contribution in [-0.4, -0.2) is 19.3 Å². The lowest BCUT2D eigenvalue weighted by Gasteiger charge is -2.27. The van der Waals surface area contributed by atoms with Gasteiger partial charge in [-0.3, -0.25) is 0 Å². The molecule has 17 heavy (non-hydrogen) atoms. The molecule has 1 aliphatic rings. The van der Waals surface area contributed by atoms with Gasteiger partial charge in [0.2, 0.25) is 0 Å². The Morgan fingerprint density at radius 2 is 1.76 bits per heavy atom. The molecule has 1 aromatic rings. The zero-order chi connectivity index (χ0) is 12.3. The second-order valence-electron chi connectivity index (χ2n) is 4.60. The van der Waals surface area contributed by atoms with E-state index in [-0.39, 0.29) is 6.04 Å². The Morgan fingerprint density at radius 1 is 1.18 bits per heavy atom. The largest absolute Gasteiger partial charge is 0.381 e. The van der Waals surface area contributed by atoms with Gasteiger partial charge in [0.05, 0.1) is 0 Å². The van der Waals surface area contributed by atoms with Crippen molar-refractivity contribution in [2.45, 2.75) is 25.3 Å². The van der Waals surface area contributed by atoms with Crippen molar-refractivity contribution in [3.05, 3.63) is 35.4 Å². The van der Waals surface area contributed by atoms with Crippen molar-refractivity contribution in [1.82, 2.24) is 0 Å². The summed E-state index contributed by atoms with van der Waals surface area (Å²) in [6.07, 6.45) is 2.37. The third-order valence-electron chi connectivity index (χ3n) is 3.27. The van der Waals surface area contributed by atoms with Crippen molar-refractivity contribution in [3.8, 4) is 0 Å². The van der Waals surface area contributed by atoms with E-state index < -0.39 is 11.6 Å². The molecular weight excluding hydrogens is 224 g/mol. The van der Waals surface area contributed by atoms with E-state index >= 15 is 0 Å². The van der Waals surface area contributed by atoms with E-state index in [0.29, 0.717) is 17.9 Å². The maximum Gasteiger partial charge on any atom is 0.126 e. The molecule has 2 N–H and O–H groups in total. The molecule has 0 amide bonds. The molecule has 0 aromatic heterocycles. The van der Waals surface area contributed by atoms with Gasteiger partial charge in [-0.05, 0) is 42.9 Å². The molecule has 1 fully saturated rings. The summed E-state index contributed by atoms with van der Waals surface area (Å²) in [5, 5.41) is 0. The Balaban J connectivity index is 1.99. The summed E-state index contributed by atoms with van der Waals surface area (Å²) in [4.78, 5) is 0. The van der Waals surface area contributed by atoms with Crippen LogP contribution in [0.25, 0.3) is 0 Å². The Morgan fingerprint density at radius 3 is 2.35 bits per heavy atom. The molecule has 1 aromatic carbocycles. The van der Waals surface area contributed by atoms with Crippen LogP contribution in [0.4, 0.5) is 8.78 Å². The molecule has 2 rings (SSSR count). The first-order valence-corrected chi connectivity index (χ1v) is 5.93. The van der Waals surface area contributed by atoms with Crippen LogP contribution in [-0.2, 0) is 11.2 Å². The summed E-state index contributed by atoms with van der Waals surface area (Å²) in [5.41, 5.74) is 6.71. The molecule has 0 bridgehead atoms. The molecule has 1 atom stereocenters. The van der Waals surface area contributed by atoms with Gasteiger partial charge >= 0.3 is 0 Å². The zero-order valence-electron chi connectivity index (χ0n) is 9.66. The fraction of sp³-hybridized carbons (Fsp3) is 0.538. The SMILES string of the molecule is NC(Cc1cc(F)cc(F)c1)C1CCOCC1. The first kappa shape index (κ1) is 12.5. The number of ether oxygens (including phenoxy) is 1. The van der Waals surface area contributed by atoms with Crippen LogP contribution >= 0.6 is 0 Å². The van der Waals surface area contributed by atoms with E-state index in [2.05, 4.69) is 0 Å². The standard InChI is InChI=1S/C13H17F2NO/c14-11-5-9(6-12(15)8-11)7-13(16)10-1-3-17-4-2-10/h5-6,8,10,13H,1-4,7,16H2. The van der Waals surface area contributed by atoms with E-state index in [1.54, 1.807) is 0 Å². The molecule has 0 saturated carbocycles. The van der Waals surface area contributed by atoms with E-state index in [4.69, 9.17) is 10.5 Å². The van der Waals surface area contributed by atoms with Crippen LogP contribution in [0.2, 0.25) is 0 Å². The van der Waals surface area contributed by atoms with Gasteiger partial charge in [0.1, 0.15) is 11.6 Å². The van der Waals surface area contributed by atoms with Crippen LogP contribution in [0, 0.1) is 17.6 Å². The maximum atomic E-state index is 13.0. The summed E-state index contributed by atoms with van der Waals surface area (Å²) in [7, 11) is 0. The number of hydrogen-bond donors (Lipinski definition) is 1. The number of rotatable bonds is 3. The van der Waals surface area contributed by atoms with Crippen molar-refractivity contribution < 1.29 is 13.5 Å². The van der Waals surface area contributed by atoms with E-state index in [1.165, 1.54) is 12.1 Å². The summed E-state index contributed by atoms with van der Waals surface area (Å²) in [6, 6.07) is 3.52. The third-order valence-corrected chi connectivity index (χ3v) is 3.27. The van der Waals surface area contributed by atoms with E-state index in [9.17, 15) is 8.78 Å². The molecule has 1 unspecified atom stereocenters. The van der Waals surface area contributed by atoms with Crippen molar-refractivity contribution in [2.75, 3.05) is 13.2 Å². The van der Waals surface area contributed by atoms with Crippen LogP contribution in [0.5, 0.6) is 0 Å². The minimum Gasteiger partial charge on any atom is -0.381 e. The number of benzene rings is 1. The van der Waals surface area contributed by atoms with Crippen LogP contribution in [0.3, 0.4) is 0 Å². The minimum atomic E-state index is -0.542. The van der Waals surface area contributed by atoms with Gasteiger partial charge in [-0.15, -0.1) is 0 Å². The first-order chi connectivity index (χ1) is 8.15. The third kappa shape index (κ3) is 3.48. The average molecular weight is 241 g/mol. The van der Waals surface area contributed by atoms with Crippen molar-refractivity contribution >= 4 is 0 Å². The monoisotopic (exact) mass is 241 g/mol. The van der Waals surface area contributed by atoms with Gasteiger partial charge in [-0.1, -0.05) is 0 Å². The number of nitrogens with two attached hydrogens (primary N) is 1. The molecule has 2 nitrogen and oxygen atoms in total. The summed E-state index contributed by atoms with van der Waals surface area (Å²) in [6.45, 7) is 1.46. The van der Waals surface area contributed by atoms with Crippen molar-refractivity contribution in [3.63, 3.8) is 0 Å². The highest BCUT2D eigenvalue weighted by atomic mass is 19.1. The van der Waals surface area contributed by atoms with Gasteiger partial charge < -0.3 is 10.5 Å². The molecule has 94 valence electrons. The number of hydrogen-bond acceptors (Lipinski definition) is 2. The fourth-order valence-electron chi connectivity index (χ4n) is 2.31. The number of halogens is 2. The Kier molecular flexibility index (Phi) is 4.07. The van der Waals surface area contributed by atoms with E-state index in [0.717, 1.165) is 32.1 Å². The molecule has 1 heterocycles. The molecule has 1 saturated heterocycles. The molecule has 0 aliphatic carbocycles. The van der Waals surface area contributed by atoms with Gasteiger partial charge in [0.25, 0.3) is 0 Å². The fourth-order valence-corrected chi connectivity index (χ4v) is 2.31. The van der Waals surface area contributed by atoms with Crippen molar-refractivity contribution in [1.29, 1.82) is 0 Å². The Bertz CT molecular complexity index is 357. The Labute approximate surface area is 99.8 Å². The second-order valence-corrected chi connectivity index (χ2v) is 4.60. The van der Waals surface area contributed by atoms with Crippen LogP contribution in [0.1, 0.15) is 18.4 Å². The van der Waals surface area contributed by atoms with Gasteiger partial charge in [-0.25, -0.2) is 8.78 Å². The summed E-state index contributed by atoms with van der Waals surface area (Å²) >= 11 is 0. The first-order valence-electron chi connectivity index (χ1n) is 5.93. The van der Waals surface area contributed by atoms with E-state index in [1.807, 2.05) is 0 Å². The zero-order valence-corrected chi connectivity index (χ0v) is 9.66. The van der Waals surface area contributed by atoms with Gasteiger partial charge in [0, 0.05) is 25.3 Å². The lowest BCUT2D eigenvalue weighted by Crippen LogP contribution is -2.36. The Hall–Kier alpha value is -1.00. The lowest BCUT2D eigenvalue weighted by molar-refractivity contribution is 0.0584. The second kappa shape index (κ2) is 5.56. The summed E-state index contributed by atoms with van der Waals surface area (Å²) in [5.74, 6) is -0.701. The smallest absolute Gasteiger partial charge is 0.126 e. The molecule has 0 radical (unpaired) electrons. The molecule has 4 heteroatoms. The quantitative estimate of drug-likeness (QED) is 0.881. The molecule has 0 spiro atoms. The molecule has 1 aliphatic heterocycles. The lowest BCUT2D eigenvalue weighted by atomic mass is 9.88. The highest BCUT2D eigenvalue weighted by Crippen LogP contribution is 2.20. The van der Waals surface area contributed by atoms with Gasteiger partial charge in [-0.2, -0.15) is 0 Å². The maximum absolute atomic E-state index is 13.0.